The van der Waals surface area contributed by atoms with Gasteiger partial charge in [0, 0.05) is 12.6 Å². The van der Waals surface area contributed by atoms with Crippen LogP contribution in [0.25, 0.3) is 0 Å². The minimum atomic E-state index is -3.97. The van der Waals surface area contributed by atoms with Crippen molar-refractivity contribution in [2.75, 3.05) is 6.54 Å². The lowest BCUT2D eigenvalue weighted by Gasteiger charge is -2.26. The zero-order chi connectivity index (χ0) is 15.5. The second kappa shape index (κ2) is 6.51. The molecule has 0 aliphatic rings. The second-order valence-electron chi connectivity index (χ2n) is 4.23. The van der Waals surface area contributed by atoms with E-state index in [4.69, 9.17) is 16.7 Å². The summed E-state index contributed by atoms with van der Waals surface area (Å²) in [5.74, 6) is -1.74. The van der Waals surface area contributed by atoms with E-state index in [2.05, 4.69) is 0 Å². The molecule has 0 fully saturated rings. The molecule has 1 N–H and O–H groups in total. The Balaban J connectivity index is 3.21. The van der Waals surface area contributed by atoms with Gasteiger partial charge in [0.1, 0.15) is 10.7 Å². The fraction of sp³-hybridized carbons (Fsp3) is 0.417. The number of hydrogen-bond acceptors (Lipinski definition) is 3. The summed E-state index contributed by atoms with van der Waals surface area (Å²) in [6.07, 6.45) is -0.327. The Morgan fingerprint density at radius 3 is 2.55 bits per heavy atom. The van der Waals surface area contributed by atoms with Gasteiger partial charge in [-0.25, -0.2) is 12.8 Å². The molecule has 20 heavy (non-hydrogen) atoms. The van der Waals surface area contributed by atoms with Crippen LogP contribution in [-0.2, 0) is 14.8 Å². The molecule has 0 bridgehead atoms. The largest absolute Gasteiger partial charge is 0.481 e. The van der Waals surface area contributed by atoms with Gasteiger partial charge in [-0.1, -0.05) is 18.5 Å². The summed E-state index contributed by atoms with van der Waals surface area (Å²) in [7, 11) is -3.97. The van der Waals surface area contributed by atoms with Gasteiger partial charge in [-0.15, -0.1) is 0 Å². The number of carboxylic acids is 1. The maximum Gasteiger partial charge on any atom is 0.304 e. The number of carboxylic acid groups (broad SMARTS) is 1. The molecular formula is C12H15ClFNO4S. The highest BCUT2D eigenvalue weighted by molar-refractivity contribution is 7.89. The summed E-state index contributed by atoms with van der Waals surface area (Å²) >= 11 is 5.76. The van der Waals surface area contributed by atoms with Crippen molar-refractivity contribution in [3.8, 4) is 0 Å². The van der Waals surface area contributed by atoms with Crippen LogP contribution >= 0.6 is 11.6 Å². The number of halogens is 2. The van der Waals surface area contributed by atoms with E-state index in [1.165, 1.54) is 6.92 Å². The zero-order valence-electron chi connectivity index (χ0n) is 11.0. The van der Waals surface area contributed by atoms with Crippen molar-refractivity contribution in [2.45, 2.75) is 31.2 Å². The topological polar surface area (TPSA) is 74.7 Å². The van der Waals surface area contributed by atoms with E-state index in [1.54, 1.807) is 6.92 Å². The monoisotopic (exact) mass is 323 g/mol. The molecule has 0 aliphatic heterocycles. The third-order valence-corrected chi connectivity index (χ3v) is 5.33. The van der Waals surface area contributed by atoms with Crippen molar-refractivity contribution in [1.82, 2.24) is 4.31 Å². The van der Waals surface area contributed by atoms with Crippen molar-refractivity contribution in [2.24, 2.45) is 0 Å². The predicted molar refractivity (Wildman–Crippen MR) is 72.7 cm³/mol. The molecule has 1 unspecified atom stereocenters. The van der Waals surface area contributed by atoms with Crippen molar-refractivity contribution in [3.63, 3.8) is 0 Å². The molecule has 1 atom stereocenters. The van der Waals surface area contributed by atoms with Crippen molar-refractivity contribution in [3.05, 3.63) is 29.0 Å². The lowest BCUT2D eigenvalue weighted by atomic mass is 10.2. The molecule has 0 aliphatic carbocycles. The average molecular weight is 324 g/mol. The Morgan fingerprint density at radius 1 is 1.50 bits per heavy atom. The number of sulfonamides is 1. The summed E-state index contributed by atoms with van der Waals surface area (Å²) in [6.45, 7) is 3.17. The smallest absolute Gasteiger partial charge is 0.304 e. The van der Waals surface area contributed by atoms with E-state index in [1.807, 2.05) is 0 Å². The lowest BCUT2D eigenvalue weighted by Crippen LogP contribution is -2.39. The first-order valence-corrected chi connectivity index (χ1v) is 7.70. The van der Waals surface area contributed by atoms with Gasteiger partial charge in [0.15, 0.2) is 0 Å². The van der Waals surface area contributed by atoms with Gasteiger partial charge in [-0.3, -0.25) is 4.79 Å². The normalized spacial score (nSPS) is 13.4. The van der Waals surface area contributed by atoms with E-state index in [0.29, 0.717) is 0 Å². The molecule has 0 saturated heterocycles. The maximum absolute atomic E-state index is 13.0. The second-order valence-corrected chi connectivity index (χ2v) is 6.50. The number of nitrogens with zero attached hydrogens (tertiary/aromatic N) is 1. The van der Waals surface area contributed by atoms with Crippen LogP contribution in [0.5, 0.6) is 0 Å². The Labute approximate surface area is 122 Å². The number of carbonyl (C=O) groups is 1. The Bertz CT molecular complexity index is 605. The first-order chi connectivity index (χ1) is 9.20. The van der Waals surface area contributed by atoms with Gasteiger partial charge in [0.2, 0.25) is 10.0 Å². The molecule has 0 saturated carbocycles. The van der Waals surface area contributed by atoms with E-state index < -0.39 is 27.9 Å². The van der Waals surface area contributed by atoms with Gasteiger partial charge in [-0.2, -0.15) is 4.31 Å². The third kappa shape index (κ3) is 3.68. The van der Waals surface area contributed by atoms with Crippen LogP contribution in [0, 0.1) is 5.82 Å². The predicted octanol–water partition coefficient (Wildman–Crippen LogP) is 2.35. The van der Waals surface area contributed by atoms with Crippen molar-refractivity contribution < 1.29 is 22.7 Å². The molecule has 1 aromatic rings. The van der Waals surface area contributed by atoms with Crippen LogP contribution in [0.2, 0.25) is 5.02 Å². The Hall–Kier alpha value is -1.18. The van der Waals surface area contributed by atoms with Crippen LogP contribution in [0.15, 0.2) is 23.1 Å². The molecule has 1 rings (SSSR count). The Kier molecular flexibility index (Phi) is 5.50. The fourth-order valence-electron chi connectivity index (χ4n) is 1.88. The van der Waals surface area contributed by atoms with E-state index in [-0.39, 0.29) is 22.9 Å². The van der Waals surface area contributed by atoms with E-state index in [0.717, 1.165) is 22.5 Å². The maximum atomic E-state index is 13.0. The average Bonchev–Trinajstić information content (AvgIpc) is 2.27. The highest BCUT2D eigenvalue weighted by Crippen LogP contribution is 2.27. The summed E-state index contributed by atoms with van der Waals surface area (Å²) in [5.41, 5.74) is 0. The number of aliphatic carboxylic acids is 1. The SMILES string of the molecule is CCN(C(C)CC(=O)O)S(=O)(=O)c1ccc(F)cc1Cl. The summed E-state index contributed by atoms with van der Waals surface area (Å²) in [4.78, 5) is 10.5. The standard InChI is InChI=1S/C12H15ClFNO4S/c1-3-15(8(2)6-12(16)17)20(18,19)11-5-4-9(14)7-10(11)13/h4-5,7-8H,3,6H2,1-2H3,(H,16,17). The number of benzene rings is 1. The van der Waals surface area contributed by atoms with E-state index in [9.17, 15) is 17.6 Å². The van der Waals surface area contributed by atoms with Crippen molar-refractivity contribution in [1.29, 1.82) is 0 Å². The zero-order valence-corrected chi connectivity index (χ0v) is 12.6. The third-order valence-electron chi connectivity index (χ3n) is 2.75. The molecule has 8 heteroatoms. The highest BCUT2D eigenvalue weighted by Gasteiger charge is 2.30. The minimum Gasteiger partial charge on any atom is -0.481 e. The first kappa shape index (κ1) is 16.9. The highest BCUT2D eigenvalue weighted by atomic mass is 35.5. The molecule has 0 spiro atoms. The van der Waals surface area contributed by atoms with Crippen LogP contribution in [0.4, 0.5) is 4.39 Å². The number of hydrogen-bond donors (Lipinski definition) is 1. The molecule has 0 aromatic heterocycles. The minimum absolute atomic E-state index is 0.0878. The molecule has 0 amide bonds. The number of rotatable bonds is 6. The van der Waals surface area contributed by atoms with Crippen LogP contribution in [0.3, 0.4) is 0 Å². The first-order valence-electron chi connectivity index (χ1n) is 5.88. The lowest BCUT2D eigenvalue weighted by molar-refractivity contribution is -0.137. The van der Waals surface area contributed by atoms with Gasteiger partial charge < -0.3 is 5.11 Å². The summed E-state index contributed by atoms with van der Waals surface area (Å²) < 4.78 is 38.9. The van der Waals surface area contributed by atoms with Gasteiger partial charge >= 0.3 is 5.97 Å². The molecule has 1 aromatic carbocycles. The van der Waals surface area contributed by atoms with E-state index >= 15 is 0 Å². The summed E-state index contributed by atoms with van der Waals surface area (Å²) in [5, 5.41) is 8.53. The Morgan fingerprint density at radius 2 is 2.10 bits per heavy atom. The van der Waals surface area contributed by atoms with Gasteiger partial charge in [0.05, 0.1) is 11.4 Å². The molecule has 112 valence electrons. The van der Waals surface area contributed by atoms with Gasteiger partial charge in [-0.05, 0) is 25.1 Å². The fourth-order valence-corrected chi connectivity index (χ4v) is 4.03. The molecular weight excluding hydrogens is 309 g/mol. The van der Waals surface area contributed by atoms with Crippen molar-refractivity contribution >= 4 is 27.6 Å². The molecule has 0 heterocycles. The van der Waals surface area contributed by atoms with Gasteiger partial charge in [0.25, 0.3) is 0 Å². The van der Waals surface area contributed by atoms with Crippen LogP contribution in [0.1, 0.15) is 20.3 Å². The van der Waals surface area contributed by atoms with Crippen LogP contribution < -0.4 is 0 Å². The molecule has 0 radical (unpaired) electrons. The molecule has 5 nitrogen and oxygen atoms in total. The summed E-state index contributed by atoms with van der Waals surface area (Å²) in [6, 6.07) is 2.24. The quantitative estimate of drug-likeness (QED) is 0.872. The van der Waals surface area contributed by atoms with Crippen LogP contribution in [-0.4, -0.2) is 36.4 Å².